The molecule has 1 N–H and O–H groups in total. The second-order valence-electron chi connectivity index (χ2n) is 6.76. The highest BCUT2D eigenvalue weighted by Crippen LogP contribution is 2.21. The standard InChI is InChI=1S/C22H26N2O/c1-18-7-5-6-10-21(18)11-14-23-22(25)24-15-12-20(13-16-24)17-19-8-3-2-4-9-19/h2-11,14,20H,12-13,15-17H2,1H3,(H,23,25)/b14-11+. The number of benzene rings is 2. The minimum Gasteiger partial charge on any atom is -0.325 e. The zero-order valence-corrected chi connectivity index (χ0v) is 14.8. The number of nitrogens with zero attached hydrogens (tertiary/aromatic N) is 1. The summed E-state index contributed by atoms with van der Waals surface area (Å²) < 4.78 is 0. The van der Waals surface area contributed by atoms with Crippen LogP contribution in [0.4, 0.5) is 4.79 Å². The van der Waals surface area contributed by atoms with Gasteiger partial charge in [0.05, 0.1) is 0 Å². The van der Waals surface area contributed by atoms with E-state index in [1.54, 1.807) is 6.20 Å². The molecule has 0 saturated carbocycles. The van der Waals surface area contributed by atoms with Gasteiger partial charge < -0.3 is 10.2 Å². The Labute approximate surface area is 150 Å². The molecule has 2 amide bonds. The predicted octanol–water partition coefficient (Wildman–Crippen LogP) is 4.63. The molecule has 3 rings (SSSR count). The van der Waals surface area contributed by atoms with E-state index in [-0.39, 0.29) is 6.03 Å². The van der Waals surface area contributed by atoms with Crippen LogP contribution in [0.3, 0.4) is 0 Å². The first-order valence-electron chi connectivity index (χ1n) is 9.04. The number of hydrogen-bond donors (Lipinski definition) is 1. The van der Waals surface area contributed by atoms with Crippen molar-refractivity contribution in [3.63, 3.8) is 0 Å². The fraction of sp³-hybridized carbons (Fsp3) is 0.318. The lowest BCUT2D eigenvalue weighted by Crippen LogP contribution is -2.43. The molecule has 3 heteroatoms. The normalized spacial score (nSPS) is 15.5. The van der Waals surface area contributed by atoms with Crippen LogP contribution in [-0.4, -0.2) is 24.0 Å². The SMILES string of the molecule is Cc1ccccc1/C=C/NC(=O)N1CCC(Cc2ccccc2)CC1. The molecule has 0 aliphatic carbocycles. The van der Waals surface area contributed by atoms with Crippen LogP contribution in [0.5, 0.6) is 0 Å². The van der Waals surface area contributed by atoms with E-state index in [1.807, 2.05) is 29.2 Å². The van der Waals surface area contributed by atoms with Crippen LogP contribution >= 0.6 is 0 Å². The first kappa shape index (κ1) is 17.3. The van der Waals surface area contributed by atoms with Crippen molar-refractivity contribution in [1.82, 2.24) is 10.2 Å². The third-order valence-electron chi connectivity index (χ3n) is 4.93. The minimum absolute atomic E-state index is 0.00277. The van der Waals surface area contributed by atoms with Crippen molar-refractivity contribution in [1.29, 1.82) is 0 Å². The maximum Gasteiger partial charge on any atom is 0.321 e. The number of urea groups is 1. The molecule has 1 fully saturated rings. The molecule has 0 radical (unpaired) electrons. The Kier molecular flexibility index (Phi) is 5.89. The van der Waals surface area contributed by atoms with Crippen molar-refractivity contribution in [2.24, 2.45) is 5.92 Å². The topological polar surface area (TPSA) is 32.3 Å². The van der Waals surface area contributed by atoms with Crippen molar-refractivity contribution in [3.05, 3.63) is 77.5 Å². The average Bonchev–Trinajstić information content (AvgIpc) is 2.65. The summed E-state index contributed by atoms with van der Waals surface area (Å²) in [5.41, 5.74) is 3.73. The number of piperidine rings is 1. The van der Waals surface area contributed by atoms with Crippen molar-refractivity contribution in [2.75, 3.05) is 13.1 Å². The summed E-state index contributed by atoms with van der Waals surface area (Å²) in [5.74, 6) is 0.675. The zero-order valence-electron chi connectivity index (χ0n) is 14.8. The van der Waals surface area contributed by atoms with Gasteiger partial charge in [-0.25, -0.2) is 4.79 Å². The summed E-state index contributed by atoms with van der Waals surface area (Å²) in [4.78, 5) is 14.2. The van der Waals surface area contributed by atoms with Crippen LogP contribution in [0.2, 0.25) is 0 Å². The molecule has 1 aliphatic heterocycles. The molecule has 2 aromatic rings. The van der Waals surface area contributed by atoms with Crippen LogP contribution < -0.4 is 5.32 Å². The molecular formula is C22H26N2O. The number of carbonyl (C=O) groups excluding carboxylic acids is 1. The number of amides is 2. The zero-order chi connectivity index (χ0) is 17.5. The predicted molar refractivity (Wildman–Crippen MR) is 103 cm³/mol. The third-order valence-corrected chi connectivity index (χ3v) is 4.93. The van der Waals surface area contributed by atoms with Gasteiger partial charge >= 0.3 is 6.03 Å². The van der Waals surface area contributed by atoms with Crippen LogP contribution in [0.25, 0.3) is 6.08 Å². The molecule has 0 atom stereocenters. The lowest BCUT2D eigenvalue weighted by Gasteiger charge is -2.31. The van der Waals surface area contributed by atoms with Crippen LogP contribution in [-0.2, 0) is 6.42 Å². The Morgan fingerprint density at radius 2 is 1.76 bits per heavy atom. The number of likely N-dealkylation sites (tertiary alicyclic amines) is 1. The molecule has 1 saturated heterocycles. The average molecular weight is 334 g/mol. The number of aryl methyl sites for hydroxylation is 1. The quantitative estimate of drug-likeness (QED) is 0.868. The molecular weight excluding hydrogens is 308 g/mol. The summed E-state index contributed by atoms with van der Waals surface area (Å²) in [7, 11) is 0. The molecule has 0 bridgehead atoms. The summed E-state index contributed by atoms with van der Waals surface area (Å²) in [5, 5.41) is 2.90. The number of carbonyl (C=O) groups is 1. The van der Waals surface area contributed by atoms with Gasteiger partial charge in [-0.05, 0) is 54.9 Å². The second-order valence-corrected chi connectivity index (χ2v) is 6.76. The summed E-state index contributed by atoms with van der Waals surface area (Å²) in [6.45, 7) is 3.74. The Morgan fingerprint density at radius 1 is 1.08 bits per heavy atom. The fourth-order valence-electron chi connectivity index (χ4n) is 3.36. The largest absolute Gasteiger partial charge is 0.325 e. The number of rotatable bonds is 4. The maximum absolute atomic E-state index is 12.3. The van der Waals surface area contributed by atoms with E-state index in [0.717, 1.165) is 37.9 Å². The van der Waals surface area contributed by atoms with E-state index in [4.69, 9.17) is 0 Å². The van der Waals surface area contributed by atoms with Gasteiger partial charge in [0.1, 0.15) is 0 Å². The fourth-order valence-corrected chi connectivity index (χ4v) is 3.36. The van der Waals surface area contributed by atoms with Gasteiger partial charge in [0.15, 0.2) is 0 Å². The van der Waals surface area contributed by atoms with Gasteiger partial charge in [-0.15, -0.1) is 0 Å². The van der Waals surface area contributed by atoms with Crippen LogP contribution in [0.1, 0.15) is 29.5 Å². The maximum atomic E-state index is 12.3. The molecule has 25 heavy (non-hydrogen) atoms. The number of nitrogens with one attached hydrogen (secondary N) is 1. The van der Waals surface area contributed by atoms with Gasteiger partial charge in [-0.3, -0.25) is 0 Å². The molecule has 0 aromatic heterocycles. The summed E-state index contributed by atoms with van der Waals surface area (Å²) >= 11 is 0. The molecule has 0 spiro atoms. The highest BCUT2D eigenvalue weighted by atomic mass is 16.2. The van der Waals surface area contributed by atoms with E-state index >= 15 is 0 Å². The van der Waals surface area contributed by atoms with E-state index in [1.165, 1.54) is 11.1 Å². The Hall–Kier alpha value is -2.55. The molecule has 2 aromatic carbocycles. The van der Waals surface area contributed by atoms with Gasteiger partial charge in [0.25, 0.3) is 0 Å². The van der Waals surface area contributed by atoms with E-state index in [9.17, 15) is 4.79 Å². The highest BCUT2D eigenvalue weighted by molar-refractivity contribution is 5.76. The first-order chi connectivity index (χ1) is 12.2. The Balaban J connectivity index is 1.44. The molecule has 130 valence electrons. The lowest BCUT2D eigenvalue weighted by molar-refractivity contribution is 0.173. The Morgan fingerprint density at radius 3 is 2.48 bits per heavy atom. The second kappa shape index (κ2) is 8.52. The van der Waals surface area contributed by atoms with Crippen molar-refractivity contribution < 1.29 is 4.79 Å². The van der Waals surface area contributed by atoms with Gasteiger partial charge in [-0.2, -0.15) is 0 Å². The van der Waals surface area contributed by atoms with Crippen LogP contribution in [0, 0.1) is 12.8 Å². The van der Waals surface area contributed by atoms with Crippen molar-refractivity contribution in [2.45, 2.75) is 26.2 Å². The monoisotopic (exact) mass is 334 g/mol. The van der Waals surface area contributed by atoms with Crippen LogP contribution in [0.15, 0.2) is 60.8 Å². The highest BCUT2D eigenvalue weighted by Gasteiger charge is 2.22. The molecule has 0 unspecified atom stereocenters. The lowest BCUT2D eigenvalue weighted by atomic mass is 9.90. The smallest absolute Gasteiger partial charge is 0.321 e. The van der Waals surface area contributed by atoms with Crippen molar-refractivity contribution in [3.8, 4) is 0 Å². The third kappa shape index (κ3) is 4.96. The van der Waals surface area contributed by atoms with Gasteiger partial charge in [0, 0.05) is 19.3 Å². The molecule has 3 nitrogen and oxygen atoms in total. The van der Waals surface area contributed by atoms with E-state index < -0.39 is 0 Å². The summed E-state index contributed by atoms with van der Waals surface area (Å²) in [6, 6.07) is 18.8. The minimum atomic E-state index is 0.00277. The molecule has 1 aliphatic rings. The number of hydrogen-bond acceptors (Lipinski definition) is 1. The summed E-state index contributed by atoms with van der Waals surface area (Å²) in [6.07, 6.45) is 6.97. The van der Waals surface area contributed by atoms with Gasteiger partial charge in [0.2, 0.25) is 0 Å². The van der Waals surface area contributed by atoms with E-state index in [2.05, 4.69) is 48.6 Å². The van der Waals surface area contributed by atoms with E-state index in [0.29, 0.717) is 5.92 Å². The molecule has 1 heterocycles. The Bertz CT molecular complexity index is 716. The van der Waals surface area contributed by atoms with Crippen molar-refractivity contribution >= 4 is 12.1 Å². The first-order valence-corrected chi connectivity index (χ1v) is 9.04. The van der Waals surface area contributed by atoms with Gasteiger partial charge in [-0.1, -0.05) is 54.6 Å².